The normalized spacial score (nSPS) is 15.7. The van der Waals surface area contributed by atoms with Gasteiger partial charge in [-0.3, -0.25) is 10.1 Å². The molecule has 160 valence electrons. The van der Waals surface area contributed by atoms with Crippen LogP contribution in [0.2, 0.25) is 0 Å². The lowest BCUT2D eigenvalue weighted by Crippen LogP contribution is -2.36. The first kappa shape index (κ1) is 21.1. The van der Waals surface area contributed by atoms with Gasteiger partial charge in [0.1, 0.15) is 0 Å². The number of benzene rings is 2. The van der Waals surface area contributed by atoms with E-state index in [0.717, 1.165) is 42.0 Å². The highest BCUT2D eigenvalue weighted by Crippen LogP contribution is 2.36. The van der Waals surface area contributed by atoms with E-state index in [4.69, 9.17) is 15.5 Å². The van der Waals surface area contributed by atoms with Crippen molar-refractivity contribution < 1.29 is 14.3 Å². The standard InChI is InChI=1S/C23H24N4O3S/c24-22(29)25-19(28)15-31-23-26-20(16-8-3-1-4-9-16)21(17-10-5-2-6-11-17)27(23)14-18-12-7-13-30-18/h1-6,8-11,18H,7,12-15H2,(H3,24,25,28,29)/t18-/m1/s1. The summed E-state index contributed by atoms with van der Waals surface area (Å²) in [6.45, 7) is 1.40. The van der Waals surface area contributed by atoms with Gasteiger partial charge in [0.15, 0.2) is 5.16 Å². The van der Waals surface area contributed by atoms with Crippen LogP contribution in [-0.4, -0.2) is 40.0 Å². The summed E-state index contributed by atoms with van der Waals surface area (Å²) in [6, 6.07) is 19.2. The van der Waals surface area contributed by atoms with Crippen molar-refractivity contribution in [3.8, 4) is 22.5 Å². The predicted molar refractivity (Wildman–Crippen MR) is 121 cm³/mol. The van der Waals surface area contributed by atoms with Crippen LogP contribution in [0.25, 0.3) is 22.5 Å². The number of nitrogens with zero attached hydrogens (tertiary/aromatic N) is 2. The number of aromatic nitrogens is 2. The molecule has 0 unspecified atom stereocenters. The van der Waals surface area contributed by atoms with Crippen LogP contribution in [0.1, 0.15) is 12.8 Å². The zero-order chi connectivity index (χ0) is 21.6. The smallest absolute Gasteiger partial charge is 0.318 e. The zero-order valence-corrected chi connectivity index (χ0v) is 17.8. The van der Waals surface area contributed by atoms with Crippen LogP contribution < -0.4 is 11.1 Å². The van der Waals surface area contributed by atoms with Gasteiger partial charge < -0.3 is 15.0 Å². The van der Waals surface area contributed by atoms with Gasteiger partial charge in [0.2, 0.25) is 5.91 Å². The number of imide groups is 1. The number of carbonyl (C=O) groups excluding carboxylic acids is 2. The Balaban J connectivity index is 1.78. The molecule has 7 nitrogen and oxygen atoms in total. The number of carbonyl (C=O) groups is 2. The maximum atomic E-state index is 12.0. The van der Waals surface area contributed by atoms with Gasteiger partial charge in [-0.05, 0) is 12.8 Å². The minimum Gasteiger partial charge on any atom is -0.376 e. The summed E-state index contributed by atoms with van der Waals surface area (Å²) in [6.07, 6.45) is 2.12. The molecule has 1 saturated heterocycles. The first-order valence-corrected chi connectivity index (χ1v) is 11.2. The first-order chi connectivity index (χ1) is 15.1. The third-order valence-corrected chi connectivity index (χ3v) is 6.01. The number of thioether (sulfide) groups is 1. The molecule has 0 radical (unpaired) electrons. The van der Waals surface area contributed by atoms with Crippen molar-refractivity contribution in [3.05, 3.63) is 60.7 Å². The number of ether oxygens (including phenoxy) is 1. The van der Waals surface area contributed by atoms with Gasteiger partial charge in [-0.1, -0.05) is 72.4 Å². The second-order valence-electron chi connectivity index (χ2n) is 7.27. The molecular formula is C23H24N4O3S. The number of nitrogens with two attached hydrogens (primary N) is 1. The first-order valence-electron chi connectivity index (χ1n) is 10.2. The fourth-order valence-corrected chi connectivity index (χ4v) is 4.50. The highest BCUT2D eigenvalue weighted by atomic mass is 32.2. The molecule has 2 heterocycles. The van der Waals surface area contributed by atoms with Crippen LogP contribution in [0, 0.1) is 0 Å². The minimum absolute atomic E-state index is 0.0357. The zero-order valence-electron chi connectivity index (χ0n) is 17.0. The number of primary amides is 1. The Morgan fingerprint density at radius 1 is 1.10 bits per heavy atom. The van der Waals surface area contributed by atoms with E-state index in [1.54, 1.807) is 0 Å². The topological polar surface area (TPSA) is 99.2 Å². The second-order valence-corrected chi connectivity index (χ2v) is 8.21. The number of rotatable bonds is 7. The molecule has 0 saturated carbocycles. The van der Waals surface area contributed by atoms with E-state index in [1.807, 2.05) is 48.5 Å². The van der Waals surface area contributed by atoms with E-state index in [2.05, 4.69) is 22.0 Å². The molecule has 1 aromatic heterocycles. The van der Waals surface area contributed by atoms with Crippen LogP contribution in [0.3, 0.4) is 0 Å². The summed E-state index contributed by atoms with van der Waals surface area (Å²) in [5, 5.41) is 2.81. The van der Waals surface area contributed by atoms with Crippen LogP contribution in [0.15, 0.2) is 65.8 Å². The Morgan fingerprint density at radius 2 is 1.77 bits per heavy atom. The third kappa shape index (κ3) is 5.15. The quantitative estimate of drug-likeness (QED) is 0.551. The van der Waals surface area contributed by atoms with Crippen LogP contribution >= 0.6 is 11.8 Å². The molecule has 31 heavy (non-hydrogen) atoms. The Hall–Kier alpha value is -3.10. The van der Waals surface area contributed by atoms with E-state index in [0.29, 0.717) is 11.7 Å². The van der Waals surface area contributed by atoms with Crippen LogP contribution in [-0.2, 0) is 16.1 Å². The van der Waals surface area contributed by atoms with E-state index < -0.39 is 11.9 Å². The van der Waals surface area contributed by atoms with Crippen molar-refractivity contribution in [2.45, 2.75) is 30.6 Å². The number of imidazole rings is 1. The van der Waals surface area contributed by atoms with E-state index in [9.17, 15) is 9.59 Å². The summed E-state index contributed by atoms with van der Waals surface area (Å²) in [5.41, 5.74) is 8.94. The highest BCUT2D eigenvalue weighted by Gasteiger charge is 2.25. The van der Waals surface area contributed by atoms with Gasteiger partial charge in [-0.15, -0.1) is 0 Å². The summed E-state index contributed by atoms with van der Waals surface area (Å²) in [4.78, 5) is 27.9. The van der Waals surface area contributed by atoms with Gasteiger partial charge >= 0.3 is 6.03 Å². The van der Waals surface area contributed by atoms with Gasteiger partial charge in [0.05, 0.1) is 29.8 Å². The van der Waals surface area contributed by atoms with Gasteiger partial charge in [0.25, 0.3) is 0 Å². The molecule has 1 aliphatic rings. The number of amides is 3. The van der Waals surface area contributed by atoms with Crippen molar-refractivity contribution in [2.75, 3.05) is 12.4 Å². The molecule has 0 aliphatic carbocycles. The Bertz CT molecular complexity index is 1050. The molecule has 3 N–H and O–H groups in total. The van der Waals surface area contributed by atoms with Crippen molar-refractivity contribution in [1.29, 1.82) is 0 Å². The monoisotopic (exact) mass is 436 g/mol. The van der Waals surface area contributed by atoms with Crippen molar-refractivity contribution in [3.63, 3.8) is 0 Å². The molecule has 8 heteroatoms. The fourth-order valence-electron chi connectivity index (χ4n) is 3.69. The number of hydrogen-bond donors (Lipinski definition) is 2. The molecule has 3 aromatic rings. The van der Waals surface area contributed by atoms with E-state index in [-0.39, 0.29) is 11.9 Å². The predicted octanol–water partition coefficient (Wildman–Crippen LogP) is 3.68. The van der Waals surface area contributed by atoms with Gasteiger partial charge in [0, 0.05) is 17.7 Å². The van der Waals surface area contributed by atoms with Crippen molar-refractivity contribution in [1.82, 2.24) is 14.9 Å². The molecule has 1 atom stereocenters. The van der Waals surface area contributed by atoms with Crippen LogP contribution in [0.4, 0.5) is 4.79 Å². The molecule has 1 fully saturated rings. The number of urea groups is 1. The number of nitrogens with one attached hydrogen (secondary N) is 1. The number of hydrogen-bond acceptors (Lipinski definition) is 5. The SMILES string of the molecule is NC(=O)NC(=O)CSc1nc(-c2ccccc2)c(-c2ccccc2)n1C[C@H]1CCCO1. The highest BCUT2D eigenvalue weighted by molar-refractivity contribution is 7.99. The lowest BCUT2D eigenvalue weighted by atomic mass is 10.0. The maximum absolute atomic E-state index is 12.0. The summed E-state index contributed by atoms with van der Waals surface area (Å²) in [7, 11) is 0. The van der Waals surface area contributed by atoms with E-state index in [1.165, 1.54) is 11.8 Å². The van der Waals surface area contributed by atoms with Crippen molar-refractivity contribution in [2.24, 2.45) is 5.73 Å². The molecule has 2 aromatic carbocycles. The Kier molecular flexibility index (Phi) is 6.69. The fraction of sp³-hybridized carbons (Fsp3) is 0.261. The molecule has 4 rings (SSSR count). The lowest BCUT2D eigenvalue weighted by molar-refractivity contribution is -0.117. The average molecular weight is 437 g/mol. The Labute approximate surface area is 185 Å². The third-order valence-electron chi connectivity index (χ3n) is 5.03. The molecule has 0 spiro atoms. The molecule has 1 aliphatic heterocycles. The lowest BCUT2D eigenvalue weighted by Gasteiger charge is -2.16. The van der Waals surface area contributed by atoms with Gasteiger partial charge in [-0.2, -0.15) is 0 Å². The summed E-state index contributed by atoms with van der Waals surface area (Å²) >= 11 is 1.28. The van der Waals surface area contributed by atoms with Gasteiger partial charge in [-0.25, -0.2) is 9.78 Å². The summed E-state index contributed by atoms with van der Waals surface area (Å²) in [5.74, 6) is -0.416. The average Bonchev–Trinajstić information content (AvgIpc) is 3.41. The molecule has 0 bridgehead atoms. The van der Waals surface area contributed by atoms with Crippen LogP contribution in [0.5, 0.6) is 0 Å². The Morgan fingerprint density at radius 3 is 2.39 bits per heavy atom. The molecular weight excluding hydrogens is 412 g/mol. The maximum Gasteiger partial charge on any atom is 0.318 e. The summed E-state index contributed by atoms with van der Waals surface area (Å²) < 4.78 is 8.03. The van der Waals surface area contributed by atoms with E-state index >= 15 is 0 Å². The minimum atomic E-state index is -0.858. The largest absolute Gasteiger partial charge is 0.376 e. The second kappa shape index (κ2) is 9.80. The molecule has 3 amide bonds. The van der Waals surface area contributed by atoms with Crippen molar-refractivity contribution >= 4 is 23.7 Å².